The van der Waals surface area contributed by atoms with E-state index in [1.807, 2.05) is 47.4 Å². The van der Waals surface area contributed by atoms with Crippen molar-refractivity contribution in [2.24, 2.45) is 11.8 Å². The van der Waals surface area contributed by atoms with E-state index in [0.29, 0.717) is 34.8 Å². The third-order valence-corrected chi connectivity index (χ3v) is 7.28. The lowest BCUT2D eigenvalue weighted by molar-refractivity contribution is 0.0715. The number of benzene rings is 3. The van der Waals surface area contributed by atoms with Crippen molar-refractivity contribution in [3.63, 3.8) is 0 Å². The number of hydrogen-bond donors (Lipinski definition) is 1. The van der Waals surface area contributed by atoms with Gasteiger partial charge in [0.25, 0.3) is 5.91 Å². The summed E-state index contributed by atoms with van der Waals surface area (Å²) in [4.78, 5) is 22.9. The minimum atomic E-state index is 0.0495. The molecule has 0 saturated carbocycles. The van der Waals surface area contributed by atoms with Crippen LogP contribution in [0.1, 0.15) is 50.0 Å². The summed E-state index contributed by atoms with van der Waals surface area (Å²) in [6.07, 6.45) is 0.933. The number of aryl methyl sites for hydroxylation is 1. The number of nitrogens with one attached hydrogen (secondary N) is 1. The quantitative estimate of drug-likeness (QED) is 0.161. The van der Waals surface area contributed by atoms with Crippen molar-refractivity contribution < 1.29 is 14.3 Å². The van der Waals surface area contributed by atoms with Crippen LogP contribution in [0, 0.1) is 11.8 Å². The molecule has 0 unspecified atom stereocenters. The molecule has 0 aliphatic rings. The number of rotatable bonds is 15. The average molecular weight is 586 g/mol. The minimum absolute atomic E-state index is 0.0495. The first-order valence-electron chi connectivity index (χ1n) is 15.2. The summed E-state index contributed by atoms with van der Waals surface area (Å²) < 4.78 is 13.2. The van der Waals surface area contributed by atoms with Crippen LogP contribution in [0.3, 0.4) is 0 Å². The molecule has 4 rings (SSSR count). The van der Waals surface area contributed by atoms with Crippen molar-refractivity contribution in [3.05, 3.63) is 77.9 Å². The third-order valence-electron chi connectivity index (χ3n) is 7.28. The molecule has 0 aliphatic heterocycles. The Kier molecular flexibility index (Phi) is 11.1. The highest BCUT2D eigenvalue weighted by atomic mass is 16.5. The van der Waals surface area contributed by atoms with E-state index in [4.69, 9.17) is 14.5 Å². The number of ether oxygens (including phenoxy) is 2. The molecule has 3 aromatic carbocycles. The number of imidazole rings is 1. The van der Waals surface area contributed by atoms with Gasteiger partial charge in [-0.25, -0.2) is 4.98 Å². The summed E-state index contributed by atoms with van der Waals surface area (Å²) in [5, 5.41) is 3.50. The Labute approximate surface area is 256 Å². The molecule has 8 heteroatoms. The molecule has 1 N–H and O–H groups in total. The first-order chi connectivity index (χ1) is 20.7. The molecule has 0 atom stereocenters. The number of methoxy groups -OCH3 is 2. The molecule has 8 nitrogen and oxygen atoms in total. The Balaban J connectivity index is 1.63. The molecule has 0 fully saturated rings. The Morgan fingerprint density at radius 3 is 2.16 bits per heavy atom. The van der Waals surface area contributed by atoms with Crippen LogP contribution >= 0.6 is 0 Å². The zero-order chi connectivity index (χ0) is 30.9. The number of hydrogen-bond acceptors (Lipinski definition) is 6. The summed E-state index contributed by atoms with van der Waals surface area (Å²) in [5.41, 5.74) is 4.54. The molecule has 43 heavy (non-hydrogen) atoms. The molecule has 1 aromatic heterocycles. The van der Waals surface area contributed by atoms with E-state index in [-0.39, 0.29) is 5.91 Å². The van der Waals surface area contributed by atoms with Crippen molar-refractivity contribution in [3.8, 4) is 11.5 Å². The van der Waals surface area contributed by atoms with Gasteiger partial charge in [0.05, 0.1) is 25.3 Å². The van der Waals surface area contributed by atoms with Gasteiger partial charge in [0.2, 0.25) is 5.95 Å². The Morgan fingerprint density at radius 1 is 0.907 bits per heavy atom. The van der Waals surface area contributed by atoms with Crippen molar-refractivity contribution in [2.75, 3.05) is 46.2 Å². The number of nitrogens with zero attached hydrogens (tertiary/aromatic N) is 4. The van der Waals surface area contributed by atoms with E-state index in [1.165, 1.54) is 5.56 Å². The van der Waals surface area contributed by atoms with Gasteiger partial charge in [-0.3, -0.25) is 4.79 Å². The largest absolute Gasteiger partial charge is 0.497 e. The van der Waals surface area contributed by atoms with Crippen LogP contribution in [0.15, 0.2) is 66.7 Å². The van der Waals surface area contributed by atoms with Gasteiger partial charge in [0.15, 0.2) is 0 Å². The Bertz CT molecular complexity index is 1450. The summed E-state index contributed by atoms with van der Waals surface area (Å²) in [6.45, 7) is 12.6. The van der Waals surface area contributed by atoms with Crippen LogP contribution < -0.4 is 14.8 Å². The van der Waals surface area contributed by atoms with E-state index >= 15 is 0 Å². The zero-order valence-electron chi connectivity index (χ0n) is 26.8. The normalized spacial score (nSPS) is 11.5. The van der Waals surface area contributed by atoms with Gasteiger partial charge in [0, 0.05) is 55.6 Å². The number of anilines is 2. The molecule has 1 amide bonds. The highest BCUT2D eigenvalue weighted by molar-refractivity contribution is 5.98. The van der Waals surface area contributed by atoms with Crippen molar-refractivity contribution in [1.82, 2.24) is 19.4 Å². The number of carbonyl (C=O) groups excluding carboxylic acids is 1. The van der Waals surface area contributed by atoms with Gasteiger partial charge in [0.1, 0.15) is 11.5 Å². The molecule has 230 valence electrons. The second kappa shape index (κ2) is 14.9. The van der Waals surface area contributed by atoms with E-state index < -0.39 is 0 Å². The molecule has 0 bridgehead atoms. The van der Waals surface area contributed by atoms with Crippen LogP contribution in [-0.4, -0.2) is 66.2 Å². The molecule has 0 radical (unpaired) electrons. The van der Waals surface area contributed by atoms with Gasteiger partial charge in [-0.1, -0.05) is 58.0 Å². The molecule has 0 spiro atoms. The summed E-state index contributed by atoms with van der Waals surface area (Å²) in [5.74, 6) is 2.92. The van der Waals surface area contributed by atoms with E-state index in [9.17, 15) is 4.79 Å². The standard InChI is InChI=1S/C35H47N5O3/c1-25(2)22-39(23-26(3)4)34(41)28-14-15-33-32(18-28)37-35(36-29-19-30(42-6)21-31(20-29)43-7)40(33)17-11-16-38(5)24-27-12-9-8-10-13-27/h8-10,12-15,18-21,25-26H,11,16-17,22-24H2,1-7H3,(H,36,37). The fourth-order valence-electron chi connectivity index (χ4n) is 5.37. The lowest BCUT2D eigenvalue weighted by Gasteiger charge is -2.26. The molecule has 1 heterocycles. The topological polar surface area (TPSA) is 71.9 Å². The predicted molar refractivity (Wildman–Crippen MR) is 176 cm³/mol. The third kappa shape index (κ3) is 8.74. The highest BCUT2D eigenvalue weighted by Crippen LogP contribution is 2.30. The smallest absolute Gasteiger partial charge is 0.253 e. The molecular weight excluding hydrogens is 538 g/mol. The maximum absolute atomic E-state index is 13.6. The fourth-order valence-corrected chi connectivity index (χ4v) is 5.37. The van der Waals surface area contributed by atoms with Gasteiger partial charge in [-0.05, 0) is 55.6 Å². The Hall–Kier alpha value is -4.04. The minimum Gasteiger partial charge on any atom is -0.497 e. The van der Waals surface area contributed by atoms with Crippen LogP contribution in [-0.2, 0) is 13.1 Å². The lowest BCUT2D eigenvalue weighted by atomic mass is 10.1. The average Bonchev–Trinajstić information content (AvgIpc) is 3.32. The van der Waals surface area contributed by atoms with Crippen molar-refractivity contribution in [2.45, 2.75) is 47.2 Å². The number of aromatic nitrogens is 2. The molecule has 0 saturated heterocycles. The van der Waals surface area contributed by atoms with E-state index in [2.05, 4.69) is 73.8 Å². The fraction of sp³-hybridized carbons (Fsp3) is 0.429. The van der Waals surface area contributed by atoms with Gasteiger partial charge >= 0.3 is 0 Å². The molecule has 4 aromatic rings. The van der Waals surface area contributed by atoms with Gasteiger partial charge in [-0.2, -0.15) is 0 Å². The lowest BCUT2D eigenvalue weighted by Crippen LogP contribution is -2.37. The van der Waals surface area contributed by atoms with Crippen LogP contribution in [0.2, 0.25) is 0 Å². The molecule has 0 aliphatic carbocycles. The number of fused-ring (bicyclic) bond motifs is 1. The number of carbonyl (C=O) groups is 1. The SMILES string of the molecule is COc1cc(Nc2nc3cc(C(=O)N(CC(C)C)CC(C)C)ccc3n2CCCN(C)Cc2ccccc2)cc(OC)c1. The van der Waals surface area contributed by atoms with Crippen LogP contribution in [0.5, 0.6) is 11.5 Å². The summed E-state index contributed by atoms with van der Waals surface area (Å²) >= 11 is 0. The van der Waals surface area contributed by atoms with Crippen molar-refractivity contribution >= 4 is 28.6 Å². The highest BCUT2D eigenvalue weighted by Gasteiger charge is 2.20. The van der Waals surface area contributed by atoms with Gasteiger partial charge < -0.3 is 29.2 Å². The van der Waals surface area contributed by atoms with E-state index in [0.717, 1.165) is 55.9 Å². The van der Waals surface area contributed by atoms with Crippen molar-refractivity contribution in [1.29, 1.82) is 0 Å². The van der Waals surface area contributed by atoms with E-state index in [1.54, 1.807) is 14.2 Å². The predicted octanol–water partition coefficient (Wildman–Crippen LogP) is 7.07. The Morgan fingerprint density at radius 2 is 1.56 bits per heavy atom. The summed E-state index contributed by atoms with van der Waals surface area (Å²) in [6, 6.07) is 22.1. The maximum Gasteiger partial charge on any atom is 0.253 e. The summed E-state index contributed by atoms with van der Waals surface area (Å²) in [7, 11) is 5.43. The second-order valence-electron chi connectivity index (χ2n) is 12.1. The first kappa shape index (κ1) is 31.9. The first-order valence-corrected chi connectivity index (χ1v) is 15.2. The zero-order valence-corrected chi connectivity index (χ0v) is 26.8. The van der Waals surface area contributed by atoms with Crippen LogP contribution in [0.25, 0.3) is 11.0 Å². The molecular formula is C35H47N5O3. The van der Waals surface area contributed by atoms with Crippen LogP contribution in [0.4, 0.5) is 11.6 Å². The second-order valence-corrected chi connectivity index (χ2v) is 12.1. The maximum atomic E-state index is 13.6. The number of amides is 1. The van der Waals surface area contributed by atoms with Gasteiger partial charge in [-0.15, -0.1) is 0 Å². The monoisotopic (exact) mass is 585 g/mol.